The summed E-state index contributed by atoms with van der Waals surface area (Å²) in [6.07, 6.45) is 3.07. The number of halogens is 2. The quantitative estimate of drug-likeness (QED) is 0.701. The molecule has 0 spiro atoms. The lowest BCUT2D eigenvalue weighted by Crippen LogP contribution is -2.12. The first-order valence-corrected chi connectivity index (χ1v) is 8.63. The minimum atomic E-state index is -0.303. The van der Waals surface area contributed by atoms with Gasteiger partial charge in [0, 0.05) is 23.9 Å². The lowest BCUT2D eigenvalue weighted by atomic mass is 10.1. The molecule has 0 unspecified atom stereocenters. The van der Waals surface area contributed by atoms with Crippen LogP contribution in [0.4, 0.5) is 13.9 Å². The van der Waals surface area contributed by atoms with Gasteiger partial charge in [-0.25, -0.2) is 13.8 Å². The Morgan fingerprint density at radius 1 is 1.04 bits per heavy atom. The number of amides is 1. The van der Waals surface area contributed by atoms with E-state index in [1.54, 1.807) is 30.5 Å². The van der Waals surface area contributed by atoms with Crippen LogP contribution in [0.1, 0.15) is 22.4 Å². The Morgan fingerprint density at radius 2 is 1.84 bits per heavy atom. The summed E-state index contributed by atoms with van der Waals surface area (Å²) in [6.45, 7) is 0. The highest BCUT2D eigenvalue weighted by Gasteiger charge is 2.08. The van der Waals surface area contributed by atoms with Gasteiger partial charge in [0.05, 0.1) is 0 Å². The van der Waals surface area contributed by atoms with E-state index in [1.165, 1.54) is 35.6 Å². The molecule has 0 aliphatic heterocycles. The van der Waals surface area contributed by atoms with Gasteiger partial charge in [0.15, 0.2) is 5.13 Å². The van der Waals surface area contributed by atoms with Crippen molar-refractivity contribution in [3.05, 3.63) is 82.4 Å². The van der Waals surface area contributed by atoms with E-state index in [9.17, 15) is 13.6 Å². The number of aryl methyl sites for hydroxylation is 1. The molecule has 0 radical (unpaired) electrons. The second-order valence-electron chi connectivity index (χ2n) is 5.61. The number of rotatable bonds is 6. The lowest BCUT2D eigenvalue weighted by Gasteiger charge is -2.02. The predicted molar refractivity (Wildman–Crippen MR) is 94.7 cm³/mol. The highest BCUT2D eigenvalue weighted by molar-refractivity contribution is 7.15. The van der Waals surface area contributed by atoms with Crippen molar-refractivity contribution in [2.45, 2.75) is 19.3 Å². The largest absolute Gasteiger partial charge is 0.302 e. The number of nitrogens with one attached hydrogen (secondary N) is 1. The predicted octanol–water partition coefficient (Wildman–Crippen LogP) is 4.58. The third kappa shape index (κ3) is 5.19. The van der Waals surface area contributed by atoms with Crippen LogP contribution in [0.5, 0.6) is 0 Å². The fourth-order valence-corrected chi connectivity index (χ4v) is 3.25. The van der Waals surface area contributed by atoms with E-state index in [1.807, 2.05) is 0 Å². The molecule has 0 atom stereocenters. The monoisotopic (exact) mass is 358 g/mol. The second kappa shape index (κ2) is 7.98. The normalized spacial score (nSPS) is 10.6. The molecule has 6 heteroatoms. The Hall–Kier alpha value is -2.60. The maximum atomic E-state index is 13.1. The van der Waals surface area contributed by atoms with Gasteiger partial charge in [-0.1, -0.05) is 24.3 Å². The van der Waals surface area contributed by atoms with E-state index in [0.29, 0.717) is 18.0 Å². The molecule has 3 aromatic rings. The Kier molecular flexibility index (Phi) is 5.50. The number of aromatic nitrogens is 1. The molecule has 1 aromatic heterocycles. The molecule has 25 heavy (non-hydrogen) atoms. The highest BCUT2D eigenvalue weighted by Crippen LogP contribution is 2.21. The number of anilines is 1. The number of hydrogen-bond acceptors (Lipinski definition) is 3. The van der Waals surface area contributed by atoms with Gasteiger partial charge in [-0.15, -0.1) is 11.3 Å². The summed E-state index contributed by atoms with van der Waals surface area (Å²) in [7, 11) is 0. The molecule has 0 saturated heterocycles. The average Bonchev–Trinajstić information content (AvgIpc) is 3.02. The van der Waals surface area contributed by atoms with E-state index < -0.39 is 0 Å². The topological polar surface area (TPSA) is 42.0 Å². The first-order chi connectivity index (χ1) is 12.1. The maximum Gasteiger partial charge on any atom is 0.226 e. The summed E-state index contributed by atoms with van der Waals surface area (Å²) in [4.78, 5) is 17.2. The first kappa shape index (κ1) is 17.2. The highest BCUT2D eigenvalue weighted by atomic mass is 32.1. The molecule has 0 bridgehead atoms. The number of benzene rings is 2. The number of thiazole rings is 1. The molecular weight excluding hydrogens is 342 g/mol. The van der Waals surface area contributed by atoms with Crippen LogP contribution in [0.2, 0.25) is 0 Å². The average molecular weight is 358 g/mol. The molecule has 128 valence electrons. The van der Waals surface area contributed by atoms with Crippen molar-refractivity contribution >= 4 is 22.4 Å². The molecule has 3 rings (SSSR count). The summed E-state index contributed by atoms with van der Waals surface area (Å²) in [5.74, 6) is -0.727. The van der Waals surface area contributed by atoms with Gasteiger partial charge >= 0.3 is 0 Å². The summed E-state index contributed by atoms with van der Waals surface area (Å²) >= 11 is 1.39. The number of nitrogens with zero attached hydrogens (tertiary/aromatic N) is 1. The van der Waals surface area contributed by atoms with Crippen molar-refractivity contribution in [2.24, 2.45) is 0 Å². The van der Waals surface area contributed by atoms with Crippen molar-refractivity contribution in [3.63, 3.8) is 0 Å². The molecule has 1 amide bonds. The summed E-state index contributed by atoms with van der Waals surface area (Å²) in [6, 6.07) is 12.5. The van der Waals surface area contributed by atoms with Gasteiger partial charge < -0.3 is 5.32 Å². The van der Waals surface area contributed by atoms with Crippen LogP contribution in [-0.4, -0.2) is 10.9 Å². The molecular formula is C19H16F2N2OS. The van der Waals surface area contributed by atoms with Gasteiger partial charge in [0.1, 0.15) is 11.6 Å². The summed E-state index contributed by atoms with van der Waals surface area (Å²) < 4.78 is 26.0. The third-order valence-corrected chi connectivity index (χ3v) is 4.53. The third-order valence-electron chi connectivity index (χ3n) is 3.62. The minimum absolute atomic E-state index is 0.160. The van der Waals surface area contributed by atoms with Crippen molar-refractivity contribution in [2.75, 3.05) is 5.32 Å². The Balaban J connectivity index is 1.52. The zero-order valence-corrected chi connectivity index (χ0v) is 14.2. The van der Waals surface area contributed by atoms with Crippen LogP contribution in [0, 0.1) is 11.6 Å². The van der Waals surface area contributed by atoms with E-state index >= 15 is 0 Å². The summed E-state index contributed by atoms with van der Waals surface area (Å²) in [5.41, 5.74) is 1.76. The Bertz CT molecular complexity index is 862. The van der Waals surface area contributed by atoms with Gasteiger partial charge in [0.2, 0.25) is 5.91 Å². The van der Waals surface area contributed by atoms with Crippen LogP contribution in [0.3, 0.4) is 0 Å². The van der Waals surface area contributed by atoms with Crippen molar-refractivity contribution in [1.82, 2.24) is 4.98 Å². The zero-order valence-electron chi connectivity index (χ0n) is 13.3. The Morgan fingerprint density at radius 3 is 2.60 bits per heavy atom. The lowest BCUT2D eigenvalue weighted by molar-refractivity contribution is -0.116. The van der Waals surface area contributed by atoms with Crippen LogP contribution < -0.4 is 5.32 Å². The molecule has 1 N–H and O–H groups in total. The molecule has 1 heterocycles. The second-order valence-corrected chi connectivity index (χ2v) is 6.73. The smallest absolute Gasteiger partial charge is 0.226 e. The van der Waals surface area contributed by atoms with Crippen molar-refractivity contribution in [1.29, 1.82) is 0 Å². The molecule has 0 saturated carbocycles. The fourth-order valence-electron chi connectivity index (χ4n) is 2.38. The molecule has 2 aromatic carbocycles. The van der Waals surface area contributed by atoms with E-state index in [4.69, 9.17) is 0 Å². The van der Waals surface area contributed by atoms with Crippen LogP contribution in [0.15, 0.2) is 54.7 Å². The van der Waals surface area contributed by atoms with Crippen LogP contribution >= 0.6 is 11.3 Å². The number of hydrogen-bond donors (Lipinski definition) is 1. The maximum absolute atomic E-state index is 13.1. The SMILES string of the molecule is O=C(CCc1cccc(F)c1)Nc1ncc(Cc2ccc(F)cc2)s1. The summed E-state index contributed by atoms with van der Waals surface area (Å²) in [5, 5.41) is 3.29. The van der Waals surface area contributed by atoms with E-state index in [0.717, 1.165) is 16.0 Å². The van der Waals surface area contributed by atoms with Crippen molar-refractivity contribution < 1.29 is 13.6 Å². The molecule has 3 nitrogen and oxygen atoms in total. The van der Waals surface area contributed by atoms with Gasteiger partial charge in [-0.3, -0.25) is 4.79 Å². The van der Waals surface area contributed by atoms with Gasteiger partial charge in [-0.2, -0.15) is 0 Å². The van der Waals surface area contributed by atoms with Crippen molar-refractivity contribution in [3.8, 4) is 0 Å². The van der Waals surface area contributed by atoms with E-state index in [2.05, 4.69) is 10.3 Å². The molecule has 0 aliphatic carbocycles. The minimum Gasteiger partial charge on any atom is -0.302 e. The number of carbonyl (C=O) groups excluding carboxylic acids is 1. The van der Waals surface area contributed by atoms with Gasteiger partial charge in [0.25, 0.3) is 0 Å². The number of carbonyl (C=O) groups is 1. The van der Waals surface area contributed by atoms with Crippen LogP contribution in [0.25, 0.3) is 0 Å². The zero-order chi connectivity index (χ0) is 17.6. The Labute approximate surface area is 148 Å². The fraction of sp³-hybridized carbons (Fsp3) is 0.158. The van der Waals surface area contributed by atoms with E-state index in [-0.39, 0.29) is 24.0 Å². The molecule has 0 aliphatic rings. The molecule has 0 fully saturated rings. The van der Waals surface area contributed by atoms with Crippen LogP contribution in [-0.2, 0) is 17.6 Å². The standard InChI is InChI=1S/C19H16F2N2OS/c20-15-7-4-14(5-8-15)11-17-12-22-19(25-17)23-18(24)9-6-13-2-1-3-16(21)10-13/h1-5,7-8,10,12H,6,9,11H2,(H,22,23,24). The van der Waals surface area contributed by atoms with Gasteiger partial charge in [-0.05, 0) is 41.8 Å². The first-order valence-electron chi connectivity index (χ1n) is 7.82.